The summed E-state index contributed by atoms with van der Waals surface area (Å²) in [6, 6.07) is 15.1. The van der Waals surface area contributed by atoms with Gasteiger partial charge in [0.2, 0.25) is 10.0 Å². The van der Waals surface area contributed by atoms with Crippen molar-refractivity contribution < 1.29 is 8.42 Å². The Labute approximate surface area is 161 Å². The van der Waals surface area contributed by atoms with Gasteiger partial charge in [0, 0.05) is 18.1 Å². The summed E-state index contributed by atoms with van der Waals surface area (Å²) in [5, 5.41) is 0.475. The SMILES string of the molecule is O=S(=O)(Cc1ccccc1Cl)NCc1ccccc1CN1CCCCC1. The smallest absolute Gasteiger partial charge is 0.216 e. The highest BCUT2D eigenvalue weighted by Gasteiger charge is 2.16. The molecular weight excluding hydrogens is 368 g/mol. The molecule has 2 aromatic rings. The molecule has 6 heteroatoms. The summed E-state index contributed by atoms with van der Waals surface area (Å²) in [5.41, 5.74) is 2.83. The van der Waals surface area contributed by atoms with Gasteiger partial charge in [0.25, 0.3) is 0 Å². The molecular formula is C20H25ClN2O2S. The van der Waals surface area contributed by atoms with Crippen LogP contribution in [0, 0.1) is 0 Å². The first-order valence-electron chi connectivity index (χ1n) is 9.03. The Morgan fingerprint density at radius 2 is 1.50 bits per heavy atom. The normalized spacial score (nSPS) is 15.9. The van der Waals surface area contributed by atoms with Crippen molar-refractivity contribution >= 4 is 21.6 Å². The van der Waals surface area contributed by atoms with Crippen molar-refractivity contribution in [3.8, 4) is 0 Å². The van der Waals surface area contributed by atoms with E-state index in [0.717, 1.165) is 25.2 Å². The Kier molecular flexibility index (Phi) is 6.70. The van der Waals surface area contributed by atoms with E-state index in [-0.39, 0.29) is 5.75 Å². The van der Waals surface area contributed by atoms with Crippen LogP contribution < -0.4 is 4.72 Å². The minimum Gasteiger partial charge on any atom is -0.299 e. The number of rotatable bonds is 7. The first kappa shape index (κ1) is 19.4. The second kappa shape index (κ2) is 9.00. The summed E-state index contributed by atoms with van der Waals surface area (Å²) in [5.74, 6) is -0.110. The maximum Gasteiger partial charge on any atom is 0.216 e. The molecule has 3 rings (SSSR count). The highest BCUT2D eigenvalue weighted by molar-refractivity contribution is 7.88. The zero-order valence-corrected chi connectivity index (χ0v) is 16.4. The summed E-state index contributed by atoms with van der Waals surface area (Å²) in [6.45, 7) is 3.42. The Balaban J connectivity index is 1.64. The molecule has 0 spiro atoms. The number of likely N-dealkylation sites (tertiary alicyclic amines) is 1. The molecule has 140 valence electrons. The van der Waals surface area contributed by atoms with Crippen molar-refractivity contribution in [1.29, 1.82) is 0 Å². The summed E-state index contributed by atoms with van der Waals surface area (Å²) < 4.78 is 27.6. The largest absolute Gasteiger partial charge is 0.299 e. The number of hydrogen-bond donors (Lipinski definition) is 1. The number of nitrogens with zero attached hydrogens (tertiary/aromatic N) is 1. The van der Waals surface area contributed by atoms with Crippen molar-refractivity contribution in [1.82, 2.24) is 9.62 Å². The lowest BCUT2D eigenvalue weighted by Crippen LogP contribution is -2.30. The molecule has 2 aromatic carbocycles. The van der Waals surface area contributed by atoms with Gasteiger partial charge in [-0.05, 0) is 48.7 Å². The molecule has 1 aliphatic heterocycles. The summed E-state index contributed by atoms with van der Waals surface area (Å²) in [6.07, 6.45) is 3.79. The standard InChI is InChI=1S/C20H25ClN2O2S/c21-20-11-5-4-10-19(20)16-26(24,25)22-14-17-8-2-3-9-18(17)15-23-12-6-1-7-13-23/h2-5,8-11,22H,1,6-7,12-16H2. The highest BCUT2D eigenvalue weighted by Crippen LogP contribution is 2.19. The molecule has 4 nitrogen and oxygen atoms in total. The lowest BCUT2D eigenvalue weighted by molar-refractivity contribution is 0.220. The average Bonchev–Trinajstić information content (AvgIpc) is 2.64. The van der Waals surface area contributed by atoms with E-state index >= 15 is 0 Å². The highest BCUT2D eigenvalue weighted by atomic mass is 35.5. The fourth-order valence-corrected chi connectivity index (χ4v) is 4.72. The van der Waals surface area contributed by atoms with Crippen LogP contribution in [0.4, 0.5) is 0 Å². The van der Waals surface area contributed by atoms with Gasteiger partial charge in [0.1, 0.15) is 0 Å². The average molecular weight is 393 g/mol. The number of benzene rings is 2. The molecule has 0 radical (unpaired) electrons. The third-order valence-corrected chi connectivity index (χ3v) is 6.39. The van der Waals surface area contributed by atoms with Gasteiger partial charge in [0.05, 0.1) is 5.75 Å². The van der Waals surface area contributed by atoms with Gasteiger partial charge in [-0.1, -0.05) is 60.5 Å². The van der Waals surface area contributed by atoms with Crippen molar-refractivity contribution in [3.63, 3.8) is 0 Å². The molecule has 0 aromatic heterocycles. The third kappa shape index (κ3) is 5.55. The quantitative estimate of drug-likeness (QED) is 0.776. The van der Waals surface area contributed by atoms with Crippen LogP contribution in [0.15, 0.2) is 48.5 Å². The van der Waals surface area contributed by atoms with Crippen LogP contribution in [-0.4, -0.2) is 26.4 Å². The molecule has 1 fully saturated rings. The zero-order chi connectivity index (χ0) is 18.4. The maximum absolute atomic E-state index is 12.4. The fraction of sp³-hybridized carbons (Fsp3) is 0.400. The molecule has 0 saturated carbocycles. The van der Waals surface area contributed by atoms with Crippen LogP contribution in [0.1, 0.15) is 36.0 Å². The summed E-state index contributed by atoms with van der Waals surface area (Å²) in [4.78, 5) is 2.45. The maximum atomic E-state index is 12.4. The molecule has 1 heterocycles. The van der Waals surface area contributed by atoms with Crippen LogP contribution in [0.25, 0.3) is 0 Å². The van der Waals surface area contributed by atoms with Gasteiger partial charge in [-0.3, -0.25) is 4.90 Å². The number of nitrogens with one attached hydrogen (secondary N) is 1. The molecule has 1 N–H and O–H groups in total. The van der Waals surface area contributed by atoms with Crippen molar-refractivity contribution in [3.05, 3.63) is 70.2 Å². The molecule has 26 heavy (non-hydrogen) atoms. The lowest BCUT2D eigenvalue weighted by atomic mass is 10.1. The molecule has 1 aliphatic rings. The van der Waals surface area contributed by atoms with Crippen molar-refractivity contribution in [2.24, 2.45) is 0 Å². The third-order valence-electron chi connectivity index (χ3n) is 4.75. The predicted octanol–water partition coefficient (Wildman–Crippen LogP) is 3.95. The van der Waals surface area contributed by atoms with Crippen LogP contribution in [0.3, 0.4) is 0 Å². The second-order valence-electron chi connectivity index (χ2n) is 6.78. The number of halogens is 1. The van der Waals surface area contributed by atoms with E-state index in [2.05, 4.69) is 15.7 Å². The van der Waals surface area contributed by atoms with Gasteiger partial charge in [-0.15, -0.1) is 0 Å². The Bertz CT molecular complexity index is 833. The summed E-state index contributed by atoms with van der Waals surface area (Å²) >= 11 is 6.08. The van der Waals surface area contributed by atoms with E-state index < -0.39 is 10.0 Å². The van der Waals surface area contributed by atoms with E-state index in [1.165, 1.54) is 24.8 Å². The second-order valence-corrected chi connectivity index (χ2v) is 8.99. The van der Waals surface area contributed by atoms with Gasteiger partial charge in [-0.25, -0.2) is 13.1 Å². The molecule has 0 aliphatic carbocycles. The zero-order valence-electron chi connectivity index (χ0n) is 14.8. The monoisotopic (exact) mass is 392 g/mol. The topological polar surface area (TPSA) is 49.4 Å². The van der Waals surface area contributed by atoms with Gasteiger partial charge in [-0.2, -0.15) is 0 Å². The van der Waals surface area contributed by atoms with Crippen molar-refractivity contribution in [2.45, 2.75) is 38.1 Å². The molecule has 0 amide bonds. The van der Waals surface area contributed by atoms with E-state index in [9.17, 15) is 8.42 Å². The molecule has 1 saturated heterocycles. The van der Waals surface area contributed by atoms with Gasteiger partial charge < -0.3 is 0 Å². The van der Waals surface area contributed by atoms with Gasteiger partial charge >= 0.3 is 0 Å². The number of sulfonamides is 1. The minimum absolute atomic E-state index is 0.110. The Morgan fingerprint density at radius 1 is 0.885 bits per heavy atom. The van der Waals surface area contributed by atoms with E-state index in [1.54, 1.807) is 24.3 Å². The summed E-state index contributed by atoms with van der Waals surface area (Å²) in [7, 11) is -3.45. The Morgan fingerprint density at radius 3 is 2.19 bits per heavy atom. The lowest BCUT2D eigenvalue weighted by Gasteiger charge is -2.27. The van der Waals surface area contributed by atoms with E-state index in [4.69, 9.17) is 11.6 Å². The first-order valence-corrected chi connectivity index (χ1v) is 11.1. The van der Waals surface area contributed by atoms with Crippen LogP contribution >= 0.6 is 11.6 Å². The minimum atomic E-state index is -3.45. The van der Waals surface area contributed by atoms with E-state index in [1.807, 2.05) is 18.2 Å². The van der Waals surface area contributed by atoms with Gasteiger partial charge in [0.15, 0.2) is 0 Å². The molecule has 0 unspecified atom stereocenters. The van der Waals surface area contributed by atoms with Crippen LogP contribution in [0.2, 0.25) is 5.02 Å². The van der Waals surface area contributed by atoms with Crippen molar-refractivity contribution in [2.75, 3.05) is 13.1 Å². The van der Waals surface area contributed by atoms with Crippen LogP contribution in [-0.2, 0) is 28.9 Å². The van der Waals surface area contributed by atoms with Crippen LogP contribution in [0.5, 0.6) is 0 Å². The number of hydrogen-bond acceptors (Lipinski definition) is 3. The Hall–Kier alpha value is -1.40. The molecule has 0 atom stereocenters. The van der Waals surface area contributed by atoms with E-state index in [0.29, 0.717) is 17.1 Å². The first-order chi connectivity index (χ1) is 12.5. The predicted molar refractivity (Wildman–Crippen MR) is 106 cm³/mol. The molecule has 0 bridgehead atoms. The number of piperidine rings is 1. The fourth-order valence-electron chi connectivity index (χ4n) is 3.30.